The van der Waals surface area contributed by atoms with E-state index in [1.54, 1.807) is 6.20 Å². The van der Waals surface area contributed by atoms with Gasteiger partial charge in [-0.25, -0.2) is 4.98 Å². The minimum atomic E-state index is 0.122. The van der Waals surface area contributed by atoms with Crippen molar-refractivity contribution in [1.29, 1.82) is 0 Å². The second-order valence-electron chi connectivity index (χ2n) is 4.91. The van der Waals surface area contributed by atoms with Crippen molar-refractivity contribution in [2.75, 3.05) is 6.54 Å². The number of hydrogen-bond donors (Lipinski definition) is 1. The zero-order valence-electron chi connectivity index (χ0n) is 12.5. The number of nitrogens with one attached hydrogen (secondary N) is 1. The van der Waals surface area contributed by atoms with Gasteiger partial charge in [-0.05, 0) is 32.0 Å². The van der Waals surface area contributed by atoms with Gasteiger partial charge in [-0.1, -0.05) is 36.1 Å². The van der Waals surface area contributed by atoms with E-state index in [1.165, 1.54) is 0 Å². The van der Waals surface area contributed by atoms with Crippen LogP contribution in [0.1, 0.15) is 25.0 Å². The molecular formula is C18H20N2O. The summed E-state index contributed by atoms with van der Waals surface area (Å²) in [7, 11) is 0. The Labute approximate surface area is 126 Å². The van der Waals surface area contributed by atoms with Crippen LogP contribution < -0.4 is 10.1 Å². The van der Waals surface area contributed by atoms with Crippen LogP contribution in [0.3, 0.4) is 0 Å². The van der Waals surface area contributed by atoms with Crippen LogP contribution in [-0.4, -0.2) is 17.6 Å². The van der Waals surface area contributed by atoms with Crippen molar-refractivity contribution in [3.63, 3.8) is 0 Å². The van der Waals surface area contributed by atoms with Crippen LogP contribution in [0.4, 0.5) is 0 Å². The molecule has 2 rings (SSSR count). The Morgan fingerprint density at radius 3 is 2.71 bits per heavy atom. The Morgan fingerprint density at radius 2 is 1.95 bits per heavy atom. The van der Waals surface area contributed by atoms with Crippen LogP contribution in [0, 0.1) is 11.8 Å². The SMILES string of the molecule is CC(C)Oc1ncccc1CNCC#Cc1ccccc1. The largest absolute Gasteiger partial charge is 0.475 e. The molecule has 0 saturated carbocycles. The van der Waals surface area contributed by atoms with Crippen molar-refractivity contribution in [2.45, 2.75) is 26.5 Å². The quantitative estimate of drug-likeness (QED) is 0.675. The van der Waals surface area contributed by atoms with Gasteiger partial charge in [-0.3, -0.25) is 0 Å². The lowest BCUT2D eigenvalue weighted by molar-refractivity contribution is 0.229. The standard InChI is InChI=1S/C18H20N2O/c1-15(2)21-18-17(11-7-13-20-18)14-19-12-6-10-16-8-4-3-5-9-16/h3-5,7-9,11,13,15,19H,12,14H2,1-2H3. The van der Waals surface area contributed by atoms with Crippen molar-refractivity contribution in [1.82, 2.24) is 10.3 Å². The number of rotatable bonds is 5. The first-order valence-electron chi connectivity index (χ1n) is 7.11. The molecule has 3 heteroatoms. The van der Waals surface area contributed by atoms with Crippen molar-refractivity contribution >= 4 is 0 Å². The highest BCUT2D eigenvalue weighted by Gasteiger charge is 2.05. The normalized spacial score (nSPS) is 10.0. The second kappa shape index (κ2) is 8.08. The van der Waals surface area contributed by atoms with Gasteiger partial charge in [0.25, 0.3) is 0 Å². The predicted octanol–water partition coefficient (Wildman–Crippen LogP) is 3.01. The summed E-state index contributed by atoms with van der Waals surface area (Å²) in [6.07, 6.45) is 1.87. The molecule has 2 aromatic rings. The van der Waals surface area contributed by atoms with E-state index in [0.29, 0.717) is 19.0 Å². The zero-order valence-corrected chi connectivity index (χ0v) is 12.5. The van der Waals surface area contributed by atoms with Crippen LogP contribution in [0.2, 0.25) is 0 Å². The van der Waals surface area contributed by atoms with Gasteiger partial charge in [-0.15, -0.1) is 0 Å². The first-order chi connectivity index (χ1) is 10.3. The van der Waals surface area contributed by atoms with Crippen LogP contribution >= 0.6 is 0 Å². The van der Waals surface area contributed by atoms with Crippen molar-refractivity contribution in [3.8, 4) is 17.7 Å². The molecular weight excluding hydrogens is 260 g/mol. The highest BCUT2D eigenvalue weighted by atomic mass is 16.5. The van der Waals surface area contributed by atoms with E-state index in [2.05, 4.69) is 22.1 Å². The Hall–Kier alpha value is -2.31. The monoisotopic (exact) mass is 280 g/mol. The van der Waals surface area contributed by atoms with Crippen molar-refractivity contribution in [2.24, 2.45) is 0 Å². The minimum Gasteiger partial charge on any atom is -0.475 e. The average Bonchev–Trinajstić information content (AvgIpc) is 2.49. The molecule has 3 nitrogen and oxygen atoms in total. The lowest BCUT2D eigenvalue weighted by Gasteiger charge is -2.12. The van der Waals surface area contributed by atoms with Gasteiger partial charge in [0.15, 0.2) is 0 Å². The smallest absolute Gasteiger partial charge is 0.218 e. The molecule has 0 aliphatic heterocycles. The second-order valence-corrected chi connectivity index (χ2v) is 4.91. The Bertz CT molecular complexity index is 612. The average molecular weight is 280 g/mol. The predicted molar refractivity (Wildman–Crippen MR) is 85.0 cm³/mol. The molecule has 1 aromatic heterocycles. The van der Waals surface area contributed by atoms with E-state index in [1.807, 2.05) is 56.3 Å². The third kappa shape index (κ3) is 5.29. The number of ether oxygens (including phenoxy) is 1. The summed E-state index contributed by atoms with van der Waals surface area (Å²) in [5.41, 5.74) is 2.08. The maximum Gasteiger partial charge on any atom is 0.218 e. The topological polar surface area (TPSA) is 34.1 Å². The molecule has 1 N–H and O–H groups in total. The molecule has 0 bridgehead atoms. The summed E-state index contributed by atoms with van der Waals surface area (Å²) in [4.78, 5) is 4.27. The molecule has 1 heterocycles. The van der Waals surface area contributed by atoms with Gasteiger partial charge in [-0.2, -0.15) is 0 Å². The molecule has 0 saturated heterocycles. The first kappa shape index (κ1) is 15.1. The number of nitrogens with zero attached hydrogens (tertiary/aromatic N) is 1. The number of pyridine rings is 1. The van der Waals surface area contributed by atoms with E-state index in [-0.39, 0.29) is 6.10 Å². The molecule has 0 amide bonds. The number of aromatic nitrogens is 1. The molecule has 21 heavy (non-hydrogen) atoms. The van der Waals surface area contributed by atoms with Crippen molar-refractivity contribution < 1.29 is 4.74 Å². The molecule has 1 aromatic carbocycles. The van der Waals surface area contributed by atoms with E-state index in [4.69, 9.17) is 4.74 Å². The molecule has 0 atom stereocenters. The van der Waals surface area contributed by atoms with Crippen molar-refractivity contribution in [3.05, 3.63) is 59.8 Å². The fourth-order valence-electron chi connectivity index (χ4n) is 1.82. The highest BCUT2D eigenvalue weighted by molar-refractivity contribution is 5.34. The molecule has 0 fully saturated rings. The summed E-state index contributed by atoms with van der Waals surface area (Å²) < 4.78 is 5.68. The molecule has 0 unspecified atom stereocenters. The lowest BCUT2D eigenvalue weighted by atomic mass is 10.2. The van der Waals surface area contributed by atoms with Crippen LogP contribution in [0.15, 0.2) is 48.7 Å². The summed E-state index contributed by atoms with van der Waals surface area (Å²) in [6, 6.07) is 13.9. The number of benzene rings is 1. The molecule has 108 valence electrons. The fourth-order valence-corrected chi connectivity index (χ4v) is 1.82. The fraction of sp³-hybridized carbons (Fsp3) is 0.278. The van der Waals surface area contributed by atoms with Crippen LogP contribution in [-0.2, 0) is 6.54 Å². The Morgan fingerprint density at radius 1 is 1.14 bits per heavy atom. The van der Waals surface area contributed by atoms with Gasteiger partial charge < -0.3 is 10.1 Å². The molecule has 0 aliphatic carbocycles. The van der Waals surface area contributed by atoms with Gasteiger partial charge in [0, 0.05) is 23.9 Å². The first-order valence-corrected chi connectivity index (χ1v) is 7.11. The van der Waals surface area contributed by atoms with Crippen LogP contribution in [0.5, 0.6) is 5.88 Å². The van der Waals surface area contributed by atoms with Gasteiger partial charge in [0.05, 0.1) is 12.6 Å². The third-order valence-corrected chi connectivity index (χ3v) is 2.73. The molecule has 0 spiro atoms. The third-order valence-electron chi connectivity index (χ3n) is 2.73. The highest BCUT2D eigenvalue weighted by Crippen LogP contribution is 2.15. The summed E-state index contributed by atoms with van der Waals surface area (Å²) >= 11 is 0. The van der Waals surface area contributed by atoms with Gasteiger partial charge in [0.1, 0.15) is 0 Å². The maximum absolute atomic E-state index is 5.68. The summed E-state index contributed by atoms with van der Waals surface area (Å²) in [6.45, 7) is 5.32. The lowest BCUT2D eigenvalue weighted by Crippen LogP contribution is -2.16. The molecule has 0 radical (unpaired) electrons. The van der Waals surface area contributed by atoms with E-state index in [0.717, 1.165) is 11.1 Å². The van der Waals surface area contributed by atoms with E-state index >= 15 is 0 Å². The Balaban J connectivity index is 1.85. The van der Waals surface area contributed by atoms with Gasteiger partial charge in [0.2, 0.25) is 5.88 Å². The Kier molecular flexibility index (Phi) is 5.81. The van der Waals surface area contributed by atoms with Gasteiger partial charge >= 0.3 is 0 Å². The summed E-state index contributed by atoms with van der Waals surface area (Å²) in [5.74, 6) is 6.92. The zero-order chi connectivity index (χ0) is 14.9. The summed E-state index contributed by atoms with van der Waals surface area (Å²) in [5, 5.41) is 3.29. The number of hydrogen-bond acceptors (Lipinski definition) is 3. The molecule has 0 aliphatic rings. The minimum absolute atomic E-state index is 0.122. The maximum atomic E-state index is 5.68. The van der Waals surface area contributed by atoms with Crippen LogP contribution in [0.25, 0.3) is 0 Å². The van der Waals surface area contributed by atoms with E-state index in [9.17, 15) is 0 Å². The van der Waals surface area contributed by atoms with E-state index < -0.39 is 0 Å².